The van der Waals surface area contributed by atoms with E-state index in [0.29, 0.717) is 29.4 Å². The maximum absolute atomic E-state index is 13.1. The predicted molar refractivity (Wildman–Crippen MR) is 148 cm³/mol. The highest BCUT2D eigenvalue weighted by atomic mass is 35.5. The average Bonchev–Trinajstić information content (AvgIpc) is 3.77. The number of halogens is 4. The molecule has 1 aliphatic rings. The van der Waals surface area contributed by atoms with Crippen LogP contribution in [0.25, 0.3) is 0 Å². The number of aromatic amines is 1. The fourth-order valence-electron chi connectivity index (χ4n) is 4.05. The molecular formula is C28H28Cl2F2NO8S+. The van der Waals surface area contributed by atoms with Crippen LogP contribution in [0.3, 0.4) is 0 Å². The Bertz CT molecular complexity index is 1520. The third-order valence-corrected chi connectivity index (χ3v) is 8.67. The summed E-state index contributed by atoms with van der Waals surface area (Å²) in [6.07, 6.45) is 3.69. The van der Waals surface area contributed by atoms with Crippen LogP contribution in [0.15, 0.2) is 53.7 Å². The third kappa shape index (κ3) is 8.14. The SMILES string of the molecule is COc1ccc(S(=O)(=O)CC(=O)O[C@@H](Cc2c(Cl)c[nH+]cc2Cl)c2ccc(OC(F)F)c(OCC3CC3)c2)cc1OC. The summed E-state index contributed by atoms with van der Waals surface area (Å²) in [5, 5.41) is 0.480. The van der Waals surface area contributed by atoms with Crippen molar-refractivity contribution in [2.45, 2.75) is 36.9 Å². The van der Waals surface area contributed by atoms with Crippen molar-refractivity contribution < 1.29 is 50.7 Å². The highest BCUT2D eigenvalue weighted by Gasteiger charge is 2.28. The summed E-state index contributed by atoms with van der Waals surface area (Å²) in [6, 6.07) is 8.03. The summed E-state index contributed by atoms with van der Waals surface area (Å²) in [7, 11) is -1.41. The number of alkyl halides is 2. The molecule has 0 radical (unpaired) electrons. The van der Waals surface area contributed by atoms with Crippen molar-refractivity contribution >= 4 is 39.0 Å². The Kier molecular flexibility index (Phi) is 10.3. The molecule has 1 aliphatic carbocycles. The molecule has 1 heterocycles. The lowest BCUT2D eigenvalue weighted by Crippen LogP contribution is -2.22. The van der Waals surface area contributed by atoms with Gasteiger partial charge in [0.1, 0.15) is 16.1 Å². The van der Waals surface area contributed by atoms with E-state index < -0.39 is 34.3 Å². The molecule has 0 aliphatic heterocycles. The number of H-pyrrole nitrogens is 1. The number of methoxy groups -OCH3 is 2. The molecule has 1 fully saturated rings. The zero-order chi connectivity index (χ0) is 30.4. The molecule has 42 heavy (non-hydrogen) atoms. The standard InChI is InChI=1S/C28H27Cl2F2NO8S/c1-37-22-8-6-18(10-25(22)38-2)42(35,36)15-27(34)40-24(11-19-20(29)12-33-13-21(19)30)17-5-7-23(41-28(31)32)26(9-17)39-14-16-3-4-16/h5-10,12-13,16,24,28H,3-4,11,14-15H2,1-2H3/p+1/t24-/m0/s1. The van der Waals surface area contributed by atoms with Crippen LogP contribution in [0.2, 0.25) is 10.0 Å². The van der Waals surface area contributed by atoms with E-state index in [0.717, 1.165) is 12.8 Å². The van der Waals surface area contributed by atoms with Gasteiger partial charge in [-0.3, -0.25) is 4.79 Å². The number of rotatable bonds is 14. The van der Waals surface area contributed by atoms with Gasteiger partial charge in [0, 0.05) is 18.1 Å². The predicted octanol–water partition coefficient (Wildman–Crippen LogP) is 5.52. The lowest BCUT2D eigenvalue weighted by Gasteiger charge is -2.21. The Morgan fingerprint density at radius 1 is 0.976 bits per heavy atom. The van der Waals surface area contributed by atoms with Crippen molar-refractivity contribution in [3.63, 3.8) is 0 Å². The van der Waals surface area contributed by atoms with Crippen LogP contribution in [0.1, 0.15) is 30.1 Å². The molecule has 9 nitrogen and oxygen atoms in total. The number of ether oxygens (including phenoxy) is 5. The number of sulfone groups is 1. The first-order valence-electron chi connectivity index (χ1n) is 12.7. The van der Waals surface area contributed by atoms with Gasteiger partial charge in [-0.2, -0.15) is 8.78 Å². The summed E-state index contributed by atoms with van der Waals surface area (Å²) in [4.78, 5) is 15.7. The van der Waals surface area contributed by atoms with Crippen LogP contribution in [-0.4, -0.2) is 47.6 Å². The molecule has 0 unspecified atom stereocenters. The molecule has 2 aromatic carbocycles. The van der Waals surface area contributed by atoms with E-state index in [1.165, 1.54) is 63.0 Å². The molecule has 1 saturated carbocycles. The molecule has 0 saturated heterocycles. The van der Waals surface area contributed by atoms with E-state index in [9.17, 15) is 22.0 Å². The van der Waals surface area contributed by atoms with Gasteiger partial charge in [0.05, 0.1) is 25.7 Å². The molecule has 1 aromatic heterocycles. The zero-order valence-electron chi connectivity index (χ0n) is 22.6. The van der Waals surface area contributed by atoms with Crippen molar-refractivity contribution in [1.29, 1.82) is 0 Å². The number of carbonyl (C=O) groups excluding carboxylic acids is 1. The van der Waals surface area contributed by atoms with Crippen molar-refractivity contribution in [1.82, 2.24) is 0 Å². The summed E-state index contributed by atoms with van der Waals surface area (Å²) < 4.78 is 78.7. The van der Waals surface area contributed by atoms with E-state index in [1.54, 1.807) is 0 Å². The number of benzene rings is 2. The van der Waals surface area contributed by atoms with Crippen LogP contribution < -0.4 is 23.9 Å². The van der Waals surface area contributed by atoms with Crippen LogP contribution in [-0.2, 0) is 25.8 Å². The second-order valence-corrected chi connectivity index (χ2v) is 12.2. The third-order valence-electron chi connectivity index (χ3n) is 6.41. The topological polar surface area (TPSA) is 112 Å². The van der Waals surface area contributed by atoms with Gasteiger partial charge < -0.3 is 23.7 Å². The van der Waals surface area contributed by atoms with Crippen molar-refractivity contribution in [3.05, 3.63) is 70.0 Å². The molecule has 1 atom stereocenters. The first-order chi connectivity index (χ1) is 20.0. The molecule has 0 amide bonds. The van der Waals surface area contributed by atoms with Crippen LogP contribution >= 0.6 is 23.2 Å². The Balaban J connectivity index is 1.64. The van der Waals surface area contributed by atoms with Crippen molar-refractivity contribution in [2.24, 2.45) is 5.92 Å². The van der Waals surface area contributed by atoms with Gasteiger partial charge in [0.2, 0.25) is 0 Å². The van der Waals surface area contributed by atoms with Crippen LogP contribution in [0, 0.1) is 5.92 Å². The Labute approximate surface area is 251 Å². The van der Waals surface area contributed by atoms with Crippen LogP contribution in [0.4, 0.5) is 8.78 Å². The Morgan fingerprint density at radius 3 is 2.26 bits per heavy atom. The van der Waals surface area contributed by atoms with E-state index in [2.05, 4.69) is 9.72 Å². The number of esters is 1. The minimum atomic E-state index is -4.17. The number of hydrogen-bond acceptors (Lipinski definition) is 8. The summed E-state index contributed by atoms with van der Waals surface area (Å²) in [5.74, 6) is -1.45. The van der Waals surface area contributed by atoms with Crippen LogP contribution in [0.5, 0.6) is 23.0 Å². The minimum Gasteiger partial charge on any atom is -0.493 e. The molecule has 226 valence electrons. The van der Waals surface area contributed by atoms with Gasteiger partial charge in [-0.25, -0.2) is 13.4 Å². The van der Waals surface area contributed by atoms with E-state index >= 15 is 0 Å². The molecule has 0 bridgehead atoms. The van der Waals surface area contributed by atoms with E-state index in [-0.39, 0.29) is 38.6 Å². The zero-order valence-corrected chi connectivity index (χ0v) is 24.9. The van der Waals surface area contributed by atoms with Crippen molar-refractivity contribution in [3.8, 4) is 23.0 Å². The maximum atomic E-state index is 13.1. The lowest BCUT2D eigenvalue weighted by molar-refractivity contribution is -0.377. The average molecular weight is 647 g/mol. The molecular weight excluding hydrogens is 619 g/mol. The number of nitrogens with one attached hydrogen (secondary N) is 1. The van der Waals surface area contributed by atoms with Crippen molar-refractivity contribution in [2.75, 3.05) is 26.6 Å². The first-order valence-corrected chi connectivity index (χ1v) is 15.1. The van der Waals surface area contributed by atoms with Gasteiger partial charge in [-0.15, -0.1) is 0 Å². The quantitative estimate of drug-likeness (QED) is 0.211. The Morgan fingerprint density at radius 2 is 1.64 bits per heavy atom. The van der Waals surface area contributed by atoms with Gasteiger partial charge in [-0.1, -0.05) is 29.3 Å². The molecule has 14 heteroatoms. The minimum absolute atomic E-state index is 0.0253. The molecule has 3 aromatic rings. The van der Waals surface area contributed by atoms with Gasteiger partial charge in [-0.05, 0) is 48.6 Å². The van der Waals surface area contributed by atoms with E-state index in [1.807, 2.05) is 0 Å². The fraction of sp³-hybridized carbons (Fsp3) is 0.357. The maximum Gasteiger partial charge on any atom is 0.387 e. The highest BCUT2D eigenvalue weighted by molar-refractivity contribution is 7.92. The fourth-order valence-corrected chi connectivity index (χ4v) is 5.69. The highest BCUT2D eigenvalue weighted by Crippen LogP contribution is 2.38. The molecule has 4 rings (SSSR count). The second-order valence-electron chi connectivity index (χ2n) is 9.43. The number of pyridine rings is 1. The molecule has 1 N–H and O–H groups in total. The Hall–Kier alpha value is -3.35. The van der Waals surface area contributed by atoms with E-state index in [4.69, 9.17) is 42.1 Å². The van der Waals surface area contributed by atoms with Gasteiger partial charge in [0.25, 0.3) is 0 Å². The summed E-state index contributed by atoms with van der Waals surface area (Å²) in [6.45, 7) is -2.80. The smallest absolute Gasteiger partial charge is 0.387 e. The lowest BCUT2D eigenvalue weighted by atomic mass is 10.0. The first kappa shape index (κ1) is 31.6. The summed E-state index contributed by atoms with van der Waals surface area (Å²) in [5.41, 5.74) is 0.727. The number of hydrogen-bond donors (Lipinski definition) is 0. The largest absolute Gasteiger partial charge is 0.493 e. The molecule has 0 spiro atoms. The summed E-state index contributed by atoms with van der Waals surface area (Å²) >= 11 is 12.7. The second kappa shape index (κ2) is 13.7. The van der Waals surface area contributed by atoms with Gasteiger partial charge in [0.15, 0.2) is 51.0 Å². The van der Waals surface area contributed by atoms with Gasteiger partial charge >= 0.3 is 12.6 Å². The number of carbonyl (C=O) groups is 1. The monoisotopic (exact) mass is 646 g/mol. The normalized spacial score (nSPS) is 13.9. The number of aromatic nitrogens is 1.